The lowest BCUT2D eigenvalue weighted by atomic mass is 10.2. The number of aryl methyl sites for hydroxylation is 1. The fourth-order valence-electron chi connectivity index (χ4n) is 4.02. The Kier molecular flexibility index (Phi) is 5.66. The lowest BCUT2D eigenvalue weighted by Crippen LogP contribution is -2.55. The molecule has 1 aromatic heterocycles. The van der Waals surface area contributed by atoms with E-state index >= 15 is 0 Å². The summed E-state index contributed by atoms with van der Waals surface area (Å²) in [7, 11) is -3.73. The van der Waals surface area contributed by atoms with Crippen LogP contribution < -0.4 is 0 Å². The standard InChI is InChI=1S/C21H25N3O5S/c1-16-6-8-17(9-7-16)30(27,28)24-10-2-4-18(24)20(25)22-11-13-23(14-12-22)21(26)19-5-3-15-29-19/h3,5-9,15,18H,2,4,10-14H2,1H3/t18-/m1/s1. The predicted octanol–water partition coefficient (Wildman–Crippen LogP) is 1.73. The number of benzene rings is 1. The monoisotopic (exact) mass is 431 g/mol. The third-order valence-electron chi connectivity index (χ3n) is 5.73. The quantitative estimate of drug-likeness (QED) is 0.735. The number of hydrogen-bond acceptors (Lipinski definition) is 5. The molecule has 2 aromatic rings. The van der Waals surface area contributed by atoms with Crippen LogP contribution in [0.25, 0.3) is 0 Å². The first-order valence-corrected chi connectivity index (χ1v) is 11.5. The van der Waals surface area contributed by atoms with Crippen LogP contribution in [0, 0.1) is 6.92 Å². The minimum Gasteiger partial charge on any atom is -0.459 e. The van der Waals surface area contributed by atoms with Crippen LogP contribution >= 0.6 is 0 Å². The van der Waals surface area contributed by atoms with Crippen molar-refractivity contribution in [2.24, 2.45) is 0 Å². The van der Waals surface area contributed by atoms with Crippen LogP contribution in [0.1, 0.15) is 29.0 Å². The number of piperazine rings is 1. The minimum absolute atomic E-state index is 0.187. The average Bonchev–Trinajstić information content (AvgIpc) is 3.45. The molecule has 8 nitrogen and oxygen atoms in total. The fraction of sp³-hybridized carbons (Fsp3) is 0.429. The highest BCUT2D eigenvalue weighted by atomic mass is 32.2. The van der Waals surface area contributed by atoms with E-state index in [2.05, 4.69) is 0 Å². The summed E-state index contributed by atoms with van der Waals surface area (Å²) in [4.78, 5) is 29.1. The summed E-state index contributed by atoms with van der Waals surface area (Å²) < 4.78 is 32.7. The van der Waals surface area contributed by atoms with E-state index < -0.39 is 16.1 Å². The van der Waals surface area contributed by atoms with Gasteiger partial charge in [-0.05, 0) is 44.0 Å². The molecule has 2 aliphatic rings. The van der Waals surface area contributed by atoms with Crippen molar-refractivity contribution in [2.75, 3.05) is 32.7 Å². The molecule has 0 unspecified atom stereocenters. The molecule has 3 heterocycles. The molecule has 0 saturated carbocycles. The SMILES string of the molecule is Cc1ccc(S(=O)(=O)N2CCC[C@@H]2C(=O)N2CCN(C(=O)c3ccco3)CC2)cc1. The number of rotatable bonds is 4. The summed E-state index contributed by atoms with van der Waals surface area (Å²) in [6, 6.07) is 9.28. The van der Waals surface area contributed by atoms with Gasteiger partial charge in [0.2, 0.25) is 15.9 Å². The van der Waals surface area contributed by atoms with E-state index in [1.807, 2.05) is 6.92 Å². The highest BCUT2D eigenvalue weighted by Gasteiger charge is 2.41. The van der Waals surface area contributed by atoms with Crippen LogP contribution in [0.15, 0.2) is 52.0 Å². The van der Waals surface area contributed by atoms with Gasteiger partial charge in [-0.1, -0.05) is 17.7 Å². The summed E-state index contributed by atoms with van der Waals surface area (Å²) in [6.07, 6.45) is 2.62. The van der Waals surface area contributed by atoms with Gasteiger partial charge in [-0.25, -0.2) is 8.42 Å². The van der Waals surface area contributed by atoms with Gasteiger partial charge in [0.05, 0.1) is 11.2 Å². The third kappa shape index (κ3) is 3.87. The molecule has 0 radical (unpaired) electrons. The molecule has 1 aromatic carbocycles. The maximum absolute atomic E-state index is 13.1. The van der Waals surface area contributed by atoms with Crippen molar-refractivity contribution < 1.29 is 22.4 Å². The normalized spacial score (nSPS) is 20.5. The highest BCUT2D eigenvalue weighted by Crippen LogP contribution is 2.28. The van der Waals surface area contributed by atoms with Gasteiger partial charge in [0, 0.05) is 32.7 Å². The Balaban J connectivity index is 1.43. The van der Waals surface area contributed by atoms with Gasteiger partial charge < -0.3 is 14.2 Å². The van der Waals surface area contributed by atoms with Gasteiger partial charge >= 0.3 is 0 Å². The lowest BCUT2D eigenvalue weighted by molar-refractivity contribution is -0.136. The number of amides is 2. The van der Waals surface area contributed by atoms with E-state index in [0.29, 0.717) is 45.6 Å². The number of sulfonamides is 1. The zero-order valence-electron chi connectivity index (χ0n) is 16.9. The summed E-state index contributed by atoms with van der Waals surface area (Å²) >= 11 is 0. The second-order valence-corrected chi connectivity index (χ2v) is 9.57. The van der Waals surface area contributed by atoms with Gasteiger partial charge in [-0.15, -0.1) is 0 Å². The third-order valence-corrected chi connectivity index (χ3v) is 7.65. The molecule has 1 atom stereocenters. The predicted molar refractivity (Wildman–Crippen MR) is 109 cm³/mol. The molecule has 2 aliphatic heterocycles. The largest absolute Gasteiger partial charge is 0.459 e. The molecule has 0 N–H and O–H groups in total. The van der Waals surface area contributed by atoms with Crippen LogP contribution in [0.4, 0.5) is 0 Å². The molecule has 0 bridgehead atoms. The summed E-state index contributed by atoms with van der Waals surface area (Å²) in [5, 5.41) is 0. The van der Waals surface area contributed by atoms with Gasteiger partial charge in [0.15, 0.2) is 5.76 Å². The molecule has 30 heavy (non-hydrogen) atoms. The Bertz CT molecular complexity index is 1010. The number of carbonyl (C=O) groups excluding carboxylic acids is 2. The molecular weight excluding hydrogens is 406 g/mol. The van der Waals surface area contributed by atoms with Crippen molar-refractivity contribution in [1.29, 1.82) is 0 Å². The fourth-order valence-corrected chi connectivity index (χ4v) is 5.67. The average molecular weight is 432 g/mol. The first-order chi connectivity index (χ1) is 14.4. The Morgan fingerprint density at radius 1 is 0.967 bits per heavy atom. The van der Waals surface area contributed by atoms with Gasteiger partial charge in [0.1, 0.15) is 6.04 Å². The second-order valence-electron chi connectivity index (χ2n) is 7.68. The minimum atomic E-state index is -3.73. The molecule has 0 spiro atoms. The summed E-state index contributed by atoms with van der Waals surface area (Å²) in [6.45, 7) is 3.77. The Labute approximate surface area is 176 Å². The molecule has 0 aliphatic carbocycles. The van der Waals surface area contributed by atoms with Crippen molar-refractivity contribution in [2.45, 2.75) is 30.7 Å². The van der Waals surface area contributed by atoms with Crippen molar-refractivity contribution in [3.8, 4) is 0 Å². The molecular formula is C21H25N3O5S. The zero-order chi connectivity index (χ0) is 21.3. The van der Waals surface area contributed by atoms with E-state index in [1.165, 1.54) is 10.6 Å². The van der Waals surface area contributed by atoms with Crippen LogP contribution in [-0.2, 0) is 14.8 Å². The lowest BCUT2D eigenvalue weighted by Gasteiger charge is -2.36. The Morgan fingerprint density at radius 2 is 1.63 bits per heavy atom. The van der Waals surface area contributed by atoms with Crippen molar-refractivity contribution in [3.63, 3.8) is 0 Å². The van der Waals surface area contributed by atoms with E-state index in [1.54, 1.807) is 46.2 Å². The molecule has 4 rings (SSSR count). The van der Waals surface area contributed by atoms with Crippen molar-refractivity contribution in [3.05, 3.63) is 54.0 Å². The molecule has 2 amide bonds. The van der Waals surface area contributed by atoms with Crippen LogP contribution in [-0.4, -0.2) is 73.1 Å². The number of carbonyl (C=O) groups is 2. The number of nitrogens with zero attached hydrogens (tertiary/aromatic N) is 3. The van der Waals surface area contributed by atoms with E-state index in [9.17, 15) is 18.0 Å². The van der Waals surface area contributed by atoms with Crippen LogP contribution in [0.2, 0.25) is 0 Å². The maximum Gasteiger partial charge on any atom is 0.289 e. The van der Waals surface area contributed by atoms with E-state index in [-0.39, 0.29) is 22.5 Å². The highest BCUT2D eigenvalue weighted by molar-refractivity contribution is 7.89. The first kappa shape index (κ1) is 20.6. The summed E-state index contributed by atoms with van der Waals surface area (Å²) in [5.74, 6) is -0.106. The zero-order valence-corrected chi connectivity index (χ0v) is 17.7. The first-order valence-electron chi connectivity index (χ1n) is 10.1. The second kappa shape index (κ2) is 8.23. The number of furan rings is 1. The Hall–Kier alpha value is -2.65. The van der Waals surface area contributed by atoms with Gasteiger partial charge in [0.25, 0.3) is 5.91 Å². The molecule has 160 valence electrons. The van der Waals surface area contributed by atoms with E-state index in [0.717, 1.165) is 5.56 Å². The van der Waals surface area contributed by atoms with Crippen LogP contribution in [0.5, 0.6) is 0 Å². The van der Waals surface area contributed by atoms with Gasteiger partial charge in [-0.2, -0.15) is 4.31 Å². The van der Waals surface area contributed by atoms with Crippen molar-refractivity contribution in [1.82, 2.24) is 14.1 Å². The molecule has 2 saturated heterocycles. The van der Waals surface area contributed by atoms with Gasteiger partial charge in [-0.3, -0.25) is 9.59 Å². The topological polar surface area (TPSA) is 91.1 Å². The van der Waals surface area contributed by atoms with E-state index in [4.69, 9.17) is 4.42 Å². The molecule has 9 heteroatoms. The van der Waals surface area contributed by atoms with Crippen LogP contribution in [0.3, 0.4) is 0 Å². The maximum atomic E-state index is 13.1. The summed E-state index contributed by atoms with van der Waals surface area (Å²) in [5.41, 5.74) is 0.977. The number of hydrogen-bond donors (Lipinski definition) is 0. The smallest absolute Gasteiger partial charge is 0.289 e. The van der Waals surface area contributed by atoms with Crippen molar-refractivity contribution >= 4 is 21.8 Å². The Morgan fingerprint density at radius 3 is 2.27 bits per heavy atom. The molecule has 2 fully saturated rings.